The number of hydrogen-bond donors (Lipinski definition) is 3. The van der Waals surface area contributed by atoms with Crippen molar-refractivity contribution in [1.82, 2.24) is 15.5 Å². The van der Waals surface area contributed by atoms with Crippen LogP contribution in [0.2, 0.25) is 0 Å². The van der Waals surface area contributed by atoms with Crippen molar-refractivity contribution in [3.05, 3.63) is 46.0 Å². The zero-order chi connectivity index (χ0) is 19.2. The summed E-state index contributed by atoms with van der Waals surface area (Å²) in [4.78, 5) is 8.04. The van der Waals surface area contributed by atoms with Gasteiger partial charge in [0.05, 0.1) is 12.6 Å². The summed E-state index contributed by atoms with van der Waals surface area (Å²) in [6.07, 6.45) is 0. The molecule has 0 fully saturated rings. The Morgan fingerprint density at radius 3 is 2.65 bits per heavy atom. The molecule has 2 unspecified atom stereocenters. The minimum atomic E-state index is -1.15. The predicted molar refractivity (Wildman–Crippen MR) is 108 cm³/mol. The van der Waals surface area contributed by atoms with Crippen molar-refractivity contribution in [2.24, 2.45) is 4.99 Å². The van der Waals surface area contributed by atoms with E-state index in [1.165, 1.54) is 4.88 Å². The average molecular weight is 379 g/mol. The second-order valence-corrected chi connectivity index (χ2v) is 7.73. The van der Waals surface area contributed by atoms with E-state index in [9.17, 15) is 5.11 Å². The van der Waals surface area contributed by atoms with Gasteiger partial charge < -0.3 is 25.1 Å². The molecule has 0 aliphatic rings. The largest absolute Gasteiger partial charge is 0.463 e. The second kappa shape index (κ2) is 9.21. The Morgan fingerprint density at radius 1 is 1.35 bits per heavy atom. The lowest BCUT2D eigenvalue weighted by atomic mass is 10.0. The fourth-order valence-corrected chi connectivity index (χ4v) is 3.51. The molecule has 7 heteroatoms. The maximum absolute atomic E-state index is 10.7. The number of aliphatic imine (C=N–C) groups is 1. The van der Waals surface area contributed by atoms with Crippen LogP contribution in [0.4, 0.5) is 0 Å². The van der Waals surface area contributed by atoms with Gasteiger partial charge in [0, 0.05) is 18.0 Å². The van der Waals surface area contributed by atoms with Crippen LogP contribution in [0.1, 0.15) is 36.3 Å². The lowest BCUT2D eigenvalue weighted by molar-refractivity contribution is 0.0428. The van der Waals surface area contributed by atoms with Crippen molar-refractivity contribution < 1.29 is 9.52 Å². The van der Waals surface area contributed by atoms with E-state index in [0.717, 1.165) is 18.8 Å². The normalized spacial score (nSPS) is 15.7. The molecular weight excluding hydrogens is 348 g/mol. The maximum atomic E-state index is 10.7. The first-order chi connectivity index (χ1) is 12.3. The van der Waals surface area contributed by atoms with Crippen molar-refractivity contribution in [2.45, 2.75) is 32.4 Å². The molecular formula is C19H30N4O2S. The molecule has 0 aliphatic carbocycles. The van der Waals surface area contributed by atoms with Gasteiger partial charge in [-0.1, -0.05) is 6.07 Å². The molecule has 144 valence electrons. The van der Waals surface area contributed by atoms with Crippen LogP contribution in [0.25, 0.3) is 0 Å². The van der Waals surface area contributed by atoms with Gasteiger partial charge in [-0.05, 0) is 58.4 Å². The summed E-state index contributed by atoms with van der Waals surface area (Å²) in [7, 11) is 4.14. The number of guanidine groups is 1. The summed E-state index contributed by atoms with van der Waals surface area (Å²) in [6.45, 7) is 7.28. The minimum Gasteiger partial charge on any atom is -0.463 e. The molecule has 6 nitrogen and oxygen atoms in total. The molecule has 2 atom stereocenters. The van der Waals surface area contributed by atoms with Gasteiger partial charge in [0.2, 0.25) is 0 Å². The van der Waals surface area contributed by atoms with E-state index in [-0.39, 0.29) is 12.6 Å². The number of furan rings is 1. The van der Waals surface area contributed by atoms with Gasteiger partial charge in [0.25, 0.3) is 0 Å². The van der Waals surface area contributed by atoms with Crippen molar-refractivity contribution in [3.8, 4) is 0 Å². The molecule has 2 rings (SSSR count). The van der Waals surface area contributed by atoms with E-state index < -0.39 is 5.60 Å². The third kappa shape index (κ3) is 5.59. The van der Waals surface area contributed by atoms with Gasteiger partial charge in [-0.2, -0.15) is 0 Å². The lowest BCUT2D eigenvalue weighted by Crippen LogP contribution is -2.42. The van der Waals surface area contributed by atoms with E-state index in [1.807, 2.05) is 19.9 Å². The van der Waals surface area contributed by atoms with Crippen molar-refractivity contribution >= 4 is 17.3 Å². The highest BCUT2D eigenvalue weighted by Gasteiger charge is 2.27. The summed E-state index contributed by atoms with van der Waals surface area (Å²) >= 11 is 1.75. The van der Waals surface area contributed by atoms with Crippen molar-refractivity contribution in [1.29, 1.82) is 0 Å². The first kappa shape index (κ1) is 20.5. The summed E-state index contributed by atoms with van der Waals surface area (Å²) < 4.78 is 5.55. The zero-order valence-electron chi connectivity index (χ0n) is 16.2. The van der Waals surface area contributed by atoms with Crippen LogP contribution in [0.3, 0.4) is 0 Å². The molecule has 0 aliphatic heterocycles. The molecule has 2 heterocycles. The number of aliphatic hydroxyl groups is 1. The Hall–Kier alpha value is -1.83. The molecule has 26 heavy (non-hydrogen) atoms. The standard InChI is InChI=1S/C19H30N4O2S/c1-6-20-18(21-12-15(23(4)5)16-8-7-11-26-16)22-13-19(3,24)17-10-9-14(2)25-17/h7-11,15,24H,6,12-13H2,1-5H3,(H2,20,21,22). The van der Waals surface area contributed by atoms with E-state index in [1.54, 1.807) is 24.3 Å². The van der Waals surface area contributed by atoms with Crippen molar-refractivity contribution in [3.63, 3.8) is 0 Å². The van der Waals surface area contributed by atoms with Crippen LogP contribution in [0, 0.1) is 6.92 Å². The fraction of sp³-hybridized carbons (Fsp3) is 0.526. The number of nitrogens with one attached hydrogen (secondary N) is 2. The van der Waals surface area contributed by atoms with Gasteiger partial charge >= 0.3 is 0 Å². The van der Waals surface area contributed by atoms with Crippen LogP contribution in [-0.4, -0.2) is 49.7 Å². The topological polar surface area (TPSA) is 73.0 Å². The van der Waals surface area contributed by atoms with Gasteiger partial charge in [-0.3, -0.25) is 0 Å². The Labute approximate surface area is 159 Å². The van der Waals surface area contributed by atoms with E-state index in [2.05, 4.69) is 52.1 Å². The van der Waals surface area contributed by atoms with Crippen LogP contribution in [0.5, 0.6) is 0 Å². The number of nitrogens with zero attached hydrogens (tertiary/aromatic N) is 2. The molecule has 0 radical (unpaired) electrons. The molecule has 0 bridgehead atoms. The van der Waals surface area contributed by atoms with Gasteiger partial charge in [0.1, 0.15) is 17.1 Å². The van der Waals surface area contributed by atoms with Gasteiger partial charge in [-0.15, -0.1) is 11.3 Å². The first-order valence-corrected chi connectivity index (χ1v) is 9.72. The summed E-state index contributed by atoms with van der Waals surface area (Å²) in [5.41, 5.74) is -1.15. The fourth-order valence-electron chi connectivity index (χ4n) is 2.59. The maximum Gasteiger partial charge on any atom is 0.191 e. The van der Waals surface area contributed by atoms with Crippen LogP contribution in [0.15, 0.2) is 39.1 Å². The Bertz CT molecular complexity index is 692. The van der Waals surface area contributed by atoms with Crippen LogP contribution < -0.4 is 10.6 Å². The van der Waals surface area contributed by atoms with E-state index >= 15 is 0 Å². The molecule has 0 aromatic carbocycles. The predicted octanol–water partition coefficient (Wildman–Crippen LogP) is 2.72. The Balaban J connectivity index is 2.04. The Morgan fingerprint density at radius 2 is 2.12 bits per heavy atom. The molecule has 0 saturated heterocycles. The molecule has 0 spiro atoms. The van der Waals surface area contributed by atoms with E-state index in [4.69, 9.17) is 4.42 Å². The number of hydrogen-bond acceptors (Lipinski definition) is 5. The molecule has 0 saturated carbocycles. The summed E-state index contributed by atoms with van der Waals surface area (Å²) in [5.74, 6) is 1.98. The third-order valence-corrected chi connectivity index (χ3v) is 5.09. The molecule has 0 amide bonds. The molecule has 3 N–H and O–H groups in total. The quantitative estimate of drug-likeness (QED) is 0.487. The van der Waals surface area contributed by atoms with Gasteiger partial charge in [0.15, 0.2) is 5.96 Å². The SMILES string of the molecule is CCNC(=NCC(C)(O)c1ccc(C)o1)NCC(c1cccs1)N(C)C. The second-order valence-electron chi connectivity index (χ2n) is 6.76. The minimum absolute atomic E-state index is 0.209. The van der Waals surface area contributed by atoms with Crippen LogP contribution in [-0.2, 0) is 5.60 Å². The van der Waals surface area contributed by atoms with E-state index in [0.29, 0.717) is 11.7 Å². The number of aryl methyl sites for hydroxylation is 1. The summed E-state index contributed by atoms with van der Waals surface area (Å²) in [6, 6.07) is 8.11. The highest BCUT2D eigenvalue weighted by atomic mass is 32.1. The highest BCUT2D eigenvalue weighted by molar-refractivity contribution is 7.10. The Kier molecular flexibility index (Phi) is 7.25. The molecule has 2 aromatic rings. The summed E-state index contributed by atoms with van der Waals surface area (Å²) in [5, 5.41) is 19.4. The van der Waals surface area contributed by atoms with Gasteiger partial charge in [-0.25, -0.2) is 4.99 Å². The highest BCUT2D eigenvalue weighted by Crippen LogP contribution is 2.24. The monoisotopic (exact) mass is 378 g/mol. The first-order valence-electron chi connectivity index (χ1n) is 8.84. The number of thiophene rings is 1. The van der Waals surface area contributed by atoms with Crippen LogP contribution >= 0.6 is 11.3 Å². The van der Waals surface area contributed by atoms with Crippen molar-refractivity contribution in [2.75, 3.05) is 33.7 Å². The molecule has 2 aromatic heterocycles. The smallest absolute Gasteiger partial charge is 0.191 e. The lowest BCUT2D eigenvalue weighted by Gasteiger charge is -2.25. The average Bonchev–Trinajstić information content (AvgIpc) is 3.24. The third-order valence-electron chi connectivity index (χ3n) is 4.12. The zero-order valence-corrected chi connectivity index (χ0v) is 17.1. The number of rotatable bonds is 8. The number of likely N-dealkylation sites (N-methyl/N-ethyl adjacent to an activating group) is 1.